The van der Waals surface area contributed by atoms with Crippen molar-refractivity contribution in [2.75, 3.05) is 5.32 Å². The van der Waals surface area contributed by atoms with E-state index in [0.717, 1.165) is 22.6 Å². The van der Waals surface area contributed by atoms with Crippen molar-refractivity contribution in [2.24, 2.45) is 4.99 Å². The average Bonchev–Trinajstić information content (AvgIpc) is 3.02. The number of nitrogens with one attached hydrogen (secondary N) is 1. The summed E-state index contributed by atoms with van der Waals surface area (Å²) in [6.07, 6.45) is 0. The maximum atomic E-state index is 14.9. The zero-order valence-electron chi connectivity index (χ0n) is 19.2. The van der Waals surface area contributed by atoms with E-state index < -0.39 is 0 Å². The molecule has 0 saturated heterocycles. The monoisotopic (exact) mass is 399 g/mol. The van der Waals surface area contributed by atoms with Gasteiger partial charge in [0.15, 0.2) is 0 Å². The first kappa shape index (κ1) is 21.4. The SMILES string of the molecule is CC(C)(C)N=C1OCc2c(-c3ccccc3F)c(NC(C)(C)C)n(C(C)(C)C)c21. The lowest BCUT2D eigenvalue weighted by Gasteiger charge is -2.32. The van der Waals surface area contributed by atoms with Gasteiger partial charge in [-0.1, -0.05) is 18.2 Å². The van der Waals surface area contributed by atoms with Crippen LogP contribution < -0.4 is 5.32 Å². The molecule has 5 heteroatoms. The molecule has 0 spiro atoms. The van der Waals surface area contributed by atoms with Crippen LogP contribution in [0.5, 0.6) is 0 Å². The first-order valence-corrected chi connectivity index (χ1v) is 10.2. The Morgan fingerprint density at radius 2 is 1.62 bits per heavy atom. The highest BCUT2D eigenvalue weighted by atomic mass is 19.1. The van der Waals surface area contributed by atoms with Crippen molar-refractivity contribution in [1.29, 1.82) is 0 Å². The fraction of sp³-hybridized carbons (Fsp3) is 0.542. The molecule has 0 radical (unpaired) electrons. The van der Waals surface area contributed by atoms with Gasteiger partial charge < -0.3 is 14.6 Å². The Hall–Kier alpha value is -2.30. The second kappa shape index (κ2) is 6.89. The van der Waals surface area contributed by atoms with Crippen molar-refractivity contribution in [2.45, 2.75) is 85.5 Å². The summed E-state index contributed by atoms with van der Waals surface area (Å²) in [5.41, 5.74) is 2.64. The number of halogens is 1. The zero-order chi connectivity index (χ0) is 21.8. The van der Waals surface area contributed by atoms with E-state index in [1.54, 1.807) is 6.07 Å². The van der Waals surface area contributed by atoms with Gasteiger partial charge >= 0.3 is 0 Å². The standard InChI is InChI=1S/C24H34FN3O/c1-22(2,3)26-20-18(15-12-10-11-13-17(15)25)16-14-29-21(27-23(4,5)6)19(16)28(20)24(7,8)9/h10-13,26H,14H2,1-9H3. The van der Waals surface area contributed by atoms with E-state index >= 15 is 0 Å². The highest BCUT2D eigenvalue weighted by Gasteiger charge is 2.38. The number of anilines is 1. The van der Waals surface area contributed by atoms with Crippen LogP contribution in [0, 0.1) is 5.82 Å². The van der Waals surface area contributed by atoms with Gasteiger partial charge in [0.25, 0.3) is 0 Å². The number of aliphatic imine (C=N–C) groups is 1. The molecule has 29 heavy (non-hydrogen) atoms. The van der Waals surface area contributed by atoms with Gasteiger partial charge in [-0.05, 0) is 68.4 Å². The molecule has 3 rings (SSSR count). The van der Waals surface area contributed by atoms with Gasteiger partial charge in [0.05, 0.1) is 5.54 Å². The molecule has 1 aliphatic rings. The third-order valence-electron chi connectivity index (χ3n) is 4.57. The van der Waals surface area contributed by atoms with E-state index in [-0.39, 0.29) is 22.4 Å². The molecule has 1 N–H and O–H groups in total. The summed E-state index contributed by atoms with van der Waals surface area (Å²) >= 11 is 0. The molecule has 0 unspecified atom stereocenters. The molecule has 0 aliphatic carbocycles. The Labute approximate surface area is 174 Å². The molecule has 158 valence electrons. The van der Waals surface area contributed by atoms with Crippen LogP contribution in [0.4, 0.5) is 10.2 Å². The Bertz CT molecular complexity index is 950. The maximum absolute atomic E-state index is 14.9. The fourth-order valence-corrected chi connectivity index (χ4v) is 3.68. The first-order valence-electron chi connectivity index (χ1n) is 10.2. The molecule has 0 fully saturated rings. The smallest absolute Gasteiger partial charge is 0.234 e. The lowest BCUT2D eigenvalue weighted by atomic mass is 10.0. The highest BCUT2D eigenvalue weighted by Crippen LogP contribution is 2.45. The molecule has 1 aromatic heterocycles. The third kappa shape index (κ3) is 4.34. The summed E-state index contributed by atoms with van der Waals surface area (Å²) in [4.78, 5) is 4.84. The minimum Gasteiger partial charge on any atom is -0.471 e. The van der Waals surface area contributed by atoms with Gasteiger partial charge in [-0.3, -0.25) is 0 Å². The van der Waals surface area contributed by atoms with Crippen LogP contribution in [0.25, 0.3) is 11.1 Å². The summed E-state index contributed by atoms with van der Waals surface area (Å²) in [6.45, 7) is 19.3. The fourth-order valence-electron chi connectivity index (χ4n) is 3.68. The molecule has 2 aromatic rings. The summed E-state index contributed by atoms with van der Waals surface area (Å²) in [6, 6.07) is 6.95. The van der Waals surface area contributed by atoms with E-state index in [1.165, 1.54) is 6.07 Å². The topological polar surface area (TPSA) is 38.5 Å². The largest absolute Gasteiger partial charge is 0.471 e. The van der Waals surface area contributed by atoms with Crippen molar-refractivity contribution < 1.29 is 9.13 Å². The minimum atomic E-state index is -0.278. The lowest BCUT2D eigenvalue weighted by Crippen LogP contribution is -2.33. The number of hydrogen-bond acceptors (Lipinski definition) is 3. The molecular formula is C24H34FN3O. The van der Waals surface area contributed by atoms with E-state index in [9.17, 15) is 4.39 Å². The average molecular weight is 400 g/mol. The number of hydrogen-bond donors (Lipinski definition) is 1. The number of fused-ring (bicyclic) bond motifs is 1. The van der Waals surface area contributed by atoms with Crippen LogP contribution in [0.15, 0.2) is 29.3 Å². The second-order valence-corrected chi connectivity index (χ2v) is 10.8. The van der Waals surface area contributed by atoms with E-state index in [4.69, 9.17) is 9.73 Å². The van der Waals surface area contributed by atoms with Gasteiger partial charge in [-0.2, -0.15) is 0 Å². The molecule has 1 aliphatic heterocycles. The molecule has 0 amide bonds. The van der Waals surface area contributed by atoms with Crippen LogP contribution in [-0.4, -0.2) is 21.5 Å². The Kier molecular flexibility index (Phi) is 5.09. The predicted molar refractivity (Wildman–Crippen MR) is 119 cm³/mol. The van der Waals surface area contributed by atoms with Gasteiger partial charge in [-0.15, -0.1) is 0 Å². The first-order chi connectivity index (χ1) is 13.2. The van der Waals surface area contributed by atoms with Crippen LogP contribution in [0.3, 0.4) is 0 Å². The zero-order valence-corrected chi connectivity index (χ0v) is 19.2. The molecule has 1 aromatic carbocycles. The van der Waals surface area contributed by atoms with Crippen molar-refractivity contribution in [3.8, 4) is 11.1 Å². The Balaban J connectivity index is 2.42. The van der Waals surface area contributed by atoms with Gasteiger partial charge in [0.1, 0.15) is 23.9 Å². The molecule has 4 nitrogen and oxygen atoms in total. The van der Waals surface area contributed by atoms with E-state index in [2.05, 4.69) is 72.2 Å². The summed E-state index contributed by atoms with van der Waals surface area (Å²) in [5.74, 6) is 1.30. The third-order valence-corrected chi connectivity index (χ3v) is 4.57. The molecule has 0 saturated carbocycles. The van der Waals surface area contributed by atoms with E-state index in [1.807, 2.05) is 12.1 Å². The van der Waals surface area contributed by atoms with Crippen LogP contribution >= 0.6 is 0 Å². The minimum absolute atomic E-state index is 0.197. The number of ether oxygens (including phenoxy) is 1. The number of rotatable bonds is 2. The van der Waals surface area contributed by atoms with Gasteiger partial charge in [0.2, 0.25) is 5.90 Å². The highest BCUT2D eigenvalue weighted by molar-refractivity contribution is 6.02. The maximum Gasteiger partial charge on any atom is 0.234 e. The van der Waals surface area contributed by atoms with Gasteiger partial charge in [-0.25, -0.2) is 9.38 Å². The predicted octanol–water partition coefficient (Wildman–Crippen LogP) is 6.33. The van der Waals surface area contributed by atoms with Crippen LogP contribution in [0.2, 0.25) is 0 Å². The van der Waals surface area contributed by atoms with Gasteiger partial charge in [0, 0.05) is 27.8 Å². The molecule has 0 bridgehead atoms. The second-order valence-electron chi connectivity index (χ2n) is 10.8. The van der Waals surface area contributed by atoms with Crippen molar-refractivity contribution in [3.05, 3.63) is 41.3 Å². The number of nitrogens with zero attached hydrogens (tertiary/aromatic N) is 2. The normalized spacial score (nSPS) is 16.1. The quantitative estimate of drug-likeness (QED) is 0.640. The van der Waals surface area contributed by atoms with Crippen molar-refractivity contribution in [3.63, 3.8) is 0 Å². The Morgan fingerprint density at radius 1 is 1.00 bits per heavy atom. The van der Waals surface area contributed by atoms with Crippen LogP contribution in [-0.2, 0) is 16.9 Å². The lowest BCUT2D eigenvalue weighted by molar-refractivity contribution is 0.305. The summed E-state index contributed by atoms with van der Waals surface area (Å²) < 4.78 is 23.2. The molecule has 2 heterocycles. The van der Waals surface area contributed by atoms with Crippen molar-refractivity contribution >= 4 is 11.7 Å². The van der Waals surface area contributed by atoms with Crippen LogP contribution in [0.1, 0.15) is 73.6 Å². The molecular weight excluding hydrogens is 365 g/mol. The summed E-state index contributed by atoms with van der Waals surface area (Å²) in [5, 5.41) is 3.65. The van der Waals surface area contributed by atoms with E-state index in [0.29, 0.717) is 18.1 Å². The number of benzene rings is 1. The number of aromatic nitrogens is 1. The summed E-state index contributed by atoms with van der Waals surface area (Å²) in [7, 11) is 0. The van der Waals surface area contributed by atoms with Crippen molar-refractivity contribution in [1.82, 2.24) is 4.57 Å². The molecule has 0 atom stereocenters. The Morgan fingerprint density at radius 3 is 2.14 bits per heavy atom.